The van der Waals surface area contributed by atoms with Crippen LogP contribution in [-0.2, 0) is 9.59 Å². The largest absolute Gasteiger partial charge is 0.342 e. The van der Waals surface area contributed by atoms with Crippen LogP contribution in [0, 0.1) is 5.92 Å². The molecular weight excluding hydrogens is 254 g/mol. The molecule has 1 N–H and O–H groups in total. The third-order valence-electron chi connectivity index (χ3n) is 4.37. The van der Waals surface area contributed by atoms with E-state index in [9.17, 15) is 9.59 Å². The van der Waals surface area contributed by atoms with Gasteiger partial charge < -0.3 is 15.1 Å². The van der Waals surface area contributed by atoms with Crippen LogP contribution < -0.4 is 5.32 Å². The van der Waals surface area contributed by atoms with E-state index in [4.69, 9.17) is 0 Å². The lowest BCUT2D eigenvalue weighted by molar-refractivity contribution is -0.143. The Morgan fingerprint density at radius 3 is 2.80 bits per heavy atom. The minimum absolute atomic E-state index is 0.00473. The minimum Gasteiger partial charge on any atom is -0.342 e. The van der Waals surface area contributed by atoms with Crippen molar-refractivity contribution in [2.75, 3.05) is 32.7 Å². The first-order valence-corrected chi connectivity index (χ1v) is 7.92. The Balaban J connectivity index is 1.94. The Bertz CT molecular complexity index is 359. The van der Waals surface area contributed by atoms with Gasteiger partial charge in [-0.15, -0.1) is 0 Å². The summed E-state index contributed by atoms with van der Waals surface area (Å²) in [6, 6.07) is 0.262. The Morgan fingerprint density at radius 2 is 2.10 bits per heavy atom. The lowest BCUT2D eigenvalue weighted by Crippen LogP contribution is -2.55. The molecule has 0 bridgehead atoms. The molecule has 2 unspecified atom stereocenters. The van der Waals surface area contributed by atoms with Crippen LogP contribution in [-0.4, -0.2) is 60.4 Å². The number of nitrogens with zero attached hydrogens (tertiary/aromatic N) is 2. The Morgan fingerprint density at radius 1 is 1.30 bits per heavy atom. The third-order valence-corrected chi connectivity index (χ3v) is 4.37. The van der Waals surface area contributed by atoms with Gasteiger partial charge in [-0.2, -0.15) is 0 Å². The Kier molecular flexibility index (Phi) is 5.40. The van der Waals surface area contributed by atoms with Gasteiger partial charge in [-0.05, 0) is 26.2 Å². The molecule has 2 heterocycles. The molecule has 2 atom stereocenters. The Hall–Kier alpha value is -1.10. The zero-order valence-electron chi connectivity index (χ0n) is 12.7. The van der Waals surface area contributed by atoms with E-state index in [0.717, 1.165) is 45.4 Å². The lowest BCUT2D eigenvalue weighted by Gasteiger charge is -2.39. The summed E-state index contributed by atoms with van der Waals surface area (Å²) < 4.78 is 0. The van der Waals surface area contributed by atoms with Crippen LogP contribution >= 0.6 is 0 Å². The fraction of sp³-hybridized carbons (Fsp3) is 0.867. The summed E-state index contributed by atoms with van der Waals surface area (Å²) in [5.74, 6) is 0.455. The van der Waals surface area contributed by atoms with E-state index in [1.807, 2.05) is 16.7 Å². The van der Waals surface area contributed by atoms with Gasteiger partial charge in [0.15, 0.2) is 0 Å². The molecule has 2 aliphatic heterocycles. The van der Waals surface area contributed by atoms with Gasteiger partial charge in [-0.3, -0.25) is 9.59 Å². The molecule has 114 valence electrons. The molecule has 0 aromatic rings. The highest BCUT2D eigenvalue weighted by molar-refractivity contribution is 5.81. The normalized spacial score (nSPS) is 27.5. The van der Waals surface area contributed by atoms with Gasteiger partial charge in [0.1, 0.15) is 0 Å². The number of hydrogen-bond donors (Lipinski definition) is 1. The average molecular weight is 281 g/mol. The second-order valence-electron chi connectivity index (χ2n) is 6.01. The maximum Gasteiger partial charge on any atom is 0.227 e. The van der Waals surface area contributed by atoms with Crippen molar-refractivity contribution < 1.29 is 9.59 Å². The maximum absolute atomic E-state index is 12.6. The summed E-state index contributed by atoms with van der Waals surface area (Å²) in [7, 11) is 0. The van der Waals surface area contributed by atoms with Crippen LogP contribution in [0.5, 0.6) is 0 Å². The zero-order valence-corrected chi connectivity index (χ0v) is 12.7. The van der Waals surface area contributed by atoms with Crippen molar-refractivity contribution in [3.05, 3.63) is 0 Å². The molecule has 0 aliphatic carbocycles. The van der Waals surface area contributed by atoms with Crippen molar-refractivity contribution in [2.45, 2.75) is 45.6 Å². The monoisotopic (exact) mass is 281 g/mol. The summed E-state index contributed by atoms with van der Waals surface area (Å²) >= 11 is 0. The average Bonchev–Trinajstić information content (AvgIpc) is 2.47. The molecule has 0 radical (unpaired) electrons. The number of carbonyl (C=O) groups excluding carboxylic acids is 2. The predicted molar refractivity (Wildman–Crippen MR) is 78.3 cm³/mol. The molecule has 20 heavy (non-hydrogen) atoms. The predicted octanol–water partition coefficient (Wildman–Crippen LogP) is 0.845. The molecule has 0 aromatic carbocycles. The summed E-state index contributed by atoms with van der Waals surface area (Å²) in [6.07, 6.45) is 3.35. The van der Waals surface area contributed by atoms with Crippen molar-refractivity contribution in [1.29, 1.82) is 0 Å². The molecule has 5 nitrogen and oxygen atoms in total. The SMILES string of the molecule is CCCC(=O)N1CCCC(C(=O)N2CCNCC2C)C1. The first kappa shape index (κ1) is 15.3. The second kappa shape index (κ2) is 7.07. The molecule has 0 saturated carbocycles. The van der Waals surface area contributed by atoms with Crippen molar-refractivity contribution in [3.63, 3.8) is 0 Å². The molecule has 2 saturated heterocycles. The van der Waals surface area contributed by atoms with Crippen LogP contribution in [0.25, 0.3) is 0 Å². The van der Waals surface area contributed by atoms with Crippen LogP contribution in [0.2, 0.25) is 0 Å². The van der Waals surface area contributed by atoms with Gasteiger partial charge in [0.05, 0.1) is 5.92 Å². The molecule has 2 rings (SSSR count). The second-order valence-corrected chi connectivity index (χ2v) is 6.01. The van der Waals surface area contributed by atoms with E-state index < -0.39 is 0 Å². The summed E-state index contributed by atoms with van der Waals surface area (Å²) in [5, 5.41) is 3.31. The Labute approximate surface area is 121 Å². The van der Waals surface area contributed by atoms with Crippen molar-refractivity contribution >= 4 is 11.8 Å². The first-order valence-electron chi connectivity index (χ1n) is 7.92. The van der Waals surface area contributed by atoms with E-state index in [-0.39, 0.29) is 23.8 Å². The molecule has 0 aromatic heterocycles. The zero-order chi connectivity index (χ0) is 14.5. The van der Waals surface area contributed by atoms with Gasteiger partial charge >= 0.3 is 0 Å². The molecule has 2 fully saturated rings. The fourth-order valence-corrected chi connectivity index (χ4v) is 3.18. The summed E-state index contributed by atoms with van der Waals surface area (Å²) in [5.41, 5.74) is 0. The van der Waals surface area contributed by atoms with Gasteiger partial charge in [-0.1, -0.05) is 6.92 Å². The van der Waals surface area contributed by atoms with Crippen LogP contribution in [0.4, 0.5) is 0 Å². The van der Waals surface area contributed by atoms with E-state index in [1.54, 1.807) is 0 Å². The highest BCUT2D eigenvalue weighted by atomic mass is 16.2. The highest BCUT2D eigenvalue weighted by Gasteiger charge is 2.33. The quantitative estimate of drug-likeness (QED) is 0.834. The van der Waals surface area contributed by atoms with E-state index in [1.165, 1.54) is 0 Å². The van der Waals surface area contributed by atoms with Crippen LogP contribution in [0.15, 0.2) is 0 Å². The number of carbonyl (C=O) groups is 2. The number of likely N-dealkylation sites (tertiary alicyclic amines) is 1. The van der Waals surface area contributed by atoms with Gasteiger partial charge in [0.25, 0.3) is 0 Å². The van der Waals surface area contributed by atoms with Gasteiger partial charge in [0, 0.05) is 45.2 Å². The maximum atomic E-state index is 12.6. The number of piperidine rings is 1. The molecule has 5 heteroatoms. The number of nitrogens with one attached hydrogen (secondary N) is 1. The topological polar surface area (TPSA) is 52.7 Å². The van der Waals surface area contributed by atoms with Crippen molar-refractivity contribution in [2.24, 2.45) is 5.92 Å². The van der Waals surface area contributed by atoms with Gasteiger partial charge in [-0.25, -0.2) is 0 Å². The number of amides is 2. The highest BCUT2D eigenvalue weighted by Crippen LogP contribution is 2.21. The molecule has 0 spiro atoms. The summed E-state index contributed by atoms with van der Waals surface area (Å²) in [6.45, 7) is 8.09. The fourth-order valence-electron chi connectivity index (χ4n) is 3.18. The smallest absolute Gasteiger partial charge is 0.227 e. The summed E-state index contributed by atoms with van der Waals surface area (Å²) in [4.78, 5) is 28.5. The van der Waals surface area contributed by atoms with E-state index >= 15 is 0 Å². The van der Waals surface area contributed by atoms with Gasteiger partial charge in [0.2, 0.25) is 11.8 Å². The van der Waals surface area contributed by atoms with Crippen LogP contribution in [0.3, 0.4) is 0 Å². The van der Waals surface area contributed by atoms with Crippen LogP contribution in [0.1, 0.15) is 39.5 Å². The van der Waals surface area contributed by atoms with E-state index in [0.29, 0.717) is 13.0 Å². The first-order chi connectivity index (χ1) is 9.63. The standard InChI is InChI=1S/C15H27N3O2/c1-3-5-14(19)17-8-4-6-13(11-17)15(20)18-9-7-16-10-12(18)2/h12-13,16H,3-11H2,1-2H3. The van der Waals surface area contributed by atoms with Crippen molar-refractivity contribution in [3.8, 4) is 0 Å². The number of rotatable bonds is 3. The molecular formula is C15H27N3O2. The molecule has 2 aliphatic rings. The minimum atomic E-state index is 0.00473. The number of hydrogen-bond acceptors (Lipinski definition) is 3. The van der Waals surface area contributed by atoms with E-state index in [2.05, 4.69) is 12.2 Å². The lowest BCUT2D eigenvalue weighted by atomic mass is 9.95. The van der Waals surface area contributed by atoms with Crippen molar-refractivity contribution in [1.82, 2.24) is 15.1 Å². The number of piperazine rings is 1. The third kappa shape index (κ3) is 3.51. The molecule has 2 amide bonds.